The Hall–Kier alpha value is -1.57. The molecule has 0 spiro atoms. The van der Waals surface area contributed by atoms with Crippen LogP contribution in [0.5, 0.6) is 5.75 Å². The van der Waals surface area contributed by atoms with Crippen LogP contribution >= 0.6 is 23.2 Å². The number of fused-ring (bicyclic) bond motifs is 2. The standard InChI is InChI=1S/C26H36Cl2N2O4S/c1-8-11-33-22-15-21(28)20(27)14-19(22)23(29-35(32)26(5,6)7)16-12-17-9-10-18(13-16)30(17)24(31)34-25(2,3)4/h8,14-18H,1,9-13H2,2-7H3. The molecule has 35 heavy (non-hydrogen) atoms. The first-order valence-corrected chi connectivity index (χ1v) is 13.8. The largest absolute Gasteiger partial charge is 0.489 e. The third-order valence-corrected chi connectivity index (χ3v) is 8.22. The lowest BCUT2D eigenvalue weighted by molar-refractivity contribution is 0.00531. The summed E-state index contributed by atoms with van der Waals surface area (Å²) in [6, 6.07) is 3.47. The lowest BCUT2D eigenvalue weighted by atomic mass is 9.84. The first kappa shape index (κ1) is 28.0. The predicted molar refractivity (Wildman–Crippen MR) is 144 cm³/mol. The molecule has 0 aliphatic carbocycles. The van der Waals surface area contributed by atoms with Gasteiger partial charge in [-0.2, -0.15) is 4.40 Å². The molecule has 0 saturated carbocycles. The van der Waals surface area contributed by atoms with Crippen LogP contribution in [-0.2, 0) is 15.7 Å². The number of carbonyl (C=O) groups excluding carboxylic acids is 1. The van der Waals surface area contributed by atoms with Crippen LogP contribution in [0.15, 0.2) is 29.2 Å². The second-order valence-corrected chi connectivity index (χ2v) is 13.9. The van der Waals surface area contributed by atoms with Crippen LogP contribution in [0.1, 0.15) is 72.8 Å². The van der Waals surface area contributed by atoms with Crippen molar-refractivity contribution in [3.63, 3.8) is 0 Å². The van der Waals surface area contributed by atoms with Crippen LogP contribution in [0.4, 0.5) is 4.79 Å². The molecule has 1 aromatic carbocycles. The van der Waals surface area contributed by atoms with Gasteiger partial charge in [0.05, 0.1) is 20.5 Å². The topological polar surface area (TPSA) is 68.2 Å². The number of amides is 1. The molecule has 6 nitrogen and oxygen atoms in total. The number of hydrogen-bond acceptors (Lipinski definition) is 4. The number of piperidine rings is 1. The molecule has 2 aliphatic heterocycles. The average Bonchev–Trinajstić information content (AvgIpc) is 3.00. The summed E-state index contributed by atoms with van der Waals surface area (Å²) in [6.45, 7) is 15.3. The lowest BCUT2D eigenvalue weighted by Crippen LogP contribution is -2.49. The fraction of sp³-hybridized carbons (Fsp3) is 0.615. The van der Waals surface area contributed by atoms with Gasteiger partial charge in [0.25, 0.3) is 0 Å². The molecule has 2 bridgehead atoms. The van der Waals surface area contributed by atoms with E-state index in [4.69, 9.17) is 37.1 Å². The third-order valence-electron chi connectivity index (χ3n) is 6.08. The highest BCUT2D eigenvalue weighted by molar-refractivity contribution is 7.85. The third kappa shape index (κ3) is 6.80. The number of rotatable bonds is 6. The summed E-state index contributed by atoms with van der Waals surface area (Å²) < 4.78 is 29.0. The van der Waals surface area contributed by atoms with Crippen LogP contribution in [0.25, 0.3) is 0 Å². The zero-order chi connectivity index (χ0) is 26.1. The van der Waals surface area contributed by atoms with Crippen molar-refractivity contribution in [2.24, 2.45) is 10.3 Å². The quantitative estimate of drug-likeness (QED) is 0.287. The van der Waals surface area contributed by atoms with Gasteiger partial charge in [0, 0.05) is 29.6 Å². The minimum Gasteiger partial charge on any atom is -0.489 e. The predicted octanol–water partition coefficient (Wildman–Crippen LogP) is 6.99. The van der Waals surface area contributed by atoms with Crippen LogP contribution in [0.2, 0.25) is 10.0 Å². The van der Waals surface area contributed by atoms with Gasteiger partial charge in [-0.05, 0) is 73.3 Å². The Morgan fingerprint density at radius 1 is 1.14 bits per heavy atom. The summed E-state index contributed by atoms with van der Waals surface area (Å²) in [5, 5.41) is 0.738. The van der Waals surface area contributed by atoms with Gasteiger partial charge < -0.3 is 14.4 Å². The molecule has 194 valence electrons. The highest BCUT2D eigenvalue weighted by atomic mass is 35.5. The zero-order valence-electron chi connectivity index (χ0n) is 21.4. The minimum atomic E-state index is -1.50. The van der Waals surface area contributed by atoms with E-state index in [1.165, 1.54) is 0 Å². The number of ether oxygens (including phenoxy) is 2. The van der Waals surface area contributed by atoms with Gasteiger partial charge in [0.1, 0.15) is 28.9 Å². The summed E-state index contributed by atoms with van der Waals surface area (Å²) in [6.07, 6.45) is 4.56. The highest BCUT2D eigenvalue weighted by Gasteiger charge is 2.46. The summed E-state index contributed by atoms with van der Waals surface area (Å²) >= 11 is 12.7. The van der Waals surface area contributed by atoms with Gasteiger partial charge >= 0.3 is 6.09 Å². The summed E-state index contributed by atoms with van der Waals surface area (Å²) in [7, 11) is -1.50. The van der Waals surface area contributed by atoms with Crippen LogP contribution in [0.3, 0.4) is 0 Å². The molecule has 2 saturated heterocycles. The van der Waals surface area contributed by atoms with Gasteiger partial charge in [-0.25, -0.2) is 9.00 Å². The Morgan fingerprint density at radius 3 is 2.23 bits per heavy atom. The minimum absolute atomic E-state index is 0.0270. The smallest absolute Gasteiger partial charge is 0.410 e. The molecule has 0 N–H and O–H groups in total. The van der Waals surface area contributed by atoms with E-state index >= 15 is 0 Å². The maximum absolute atomic E-state index is 13.2. The monoisotopic (exact) mass is 542 g/mol. The normalized spacial score (nSPS) is 23.7. The molecule has 2 heterocycles. The first-order chi connectivity index (χ1) is 16.2. The molecule has 9 heteroatoms. The van der Waals surface area contributed by atoms with Crippen molar-refractivity contribution in [3.8, 4) is 5.75 Å². The van der Waals surface area contributed by atoms with Gasteiger partial charge in [0.15, 0.2) is 0 Å². The number of benzene rings is 1. The molecule has 0 radical (unpaired) electrons. The van der Waals surface area contributed by atoms with Crippen molar-refractivity contribution in [2.45, 2.75) is 89.7 Å². The van der Waals surface area contributed by atoms with Crippen molar-refractivity contribution < 1.29 is 18.5 Å². The van der Waals surface area contributed by atoms with E-state index < -0.39 is 21.3 Å². The SMILES string of the molecule is C=CCOc1cc(Cl)c(Cl)cc1C(=NS(=O)C(C)(C)C)C1CC2CCC(C1)N2C(=O)OC(C)(C)C. The summed E-state index contributed by atoms with van der Waals surface area (Å²) in [5.74, 6) is 0.492. The Kier molecular flexibility index (Phi) is 8.65. The molecule has 3 unspecified atom stereocenters. The molecule has 3 atom stereocenters. The van der Waals surface area contributed by atoms with Gasteiger partial charge in [-0.1, -0.05) is 35.9 Å². The summed E-state index contributed by atoms with van der Waals surface area (Å²) in [4.78, 5) is 14.8. The van der Waals surface area contributed by atoms with Crippen LogP contribution < -0.4 is 4.74 Å². The Morgan fingerprint density at radius 2 is 1.71 bits per heavy atom. The number of hydrogen-bond donors (Lipinski definition) is 0. The molecule has 1 amide bonds. The maximum atomic E-state index is 13.2. The highest BCUT2D eigenvalue weighted by Crippen LogP contribution is 2.43. The first-order valence-electron chi connectivity index (χ1n) is 12.0. The van der Waals surface area contributed by atoms with E-state index in [9.17, 15) is 9.00 Å². The number of carbonyl (C=O) groups is 1. The number of halogens is 2. The fourth-order valence-corrected chi connectivity index (χ4v) is 5.60. The van der Waals surface area contributed by atoms with E-state index in [1.54, 1.807) is 18.2 Å². The van der Waals surface area contributed by atoms with E-state index in [0.29, 0.717) is 39.9 Å². The second kappa shape index (κ2) is 10.8. The molecule has 1 aromatic rings. The zero-order valence-corrected chi connectivity index (χ0v) is 23.7. The van der Waals surface area contributed by atoms with Crippen molar-refractivity contribution in [3.05, 3.63) is 40.4 Å². The molecule has 2 fully saturated rings. The van der Waals surface area contributed by atoms with Crippen LogP contribution in [0, 0.1) is 5.92 Å². The van der Waals surface area contributed by atoms with Gasteiger partial charge in [-0.3, -0.25) is 0 Å². The van der Waals surface area contributed by atoms with E-state index in [-0.39, 0.29) is 30.7 Å². The summed E-state index contributed by atoms with van der Waals surface area (Å²) in [5.41, 5.74) is 0.798. The van der Waals surface area contributed by atoms with Crippen LogP contribution in [-0.4, -0.2) is 50.0 Å². The molecule has 3 rings (SSSR count). The van der Waals surface area contributed by atoms with E-state index in [1.807, 2.05) is 46.4 Å². The van der Waals surface area contributed by atoms with Gasteiger partial charge in [-0.15, -0.1) is 0 Å². The Bertz CT molecular complexity index is 1020. The molecule has 0 aromatic heterocycles. The van der Waals surface area contributed by atoms with Crippen molar-refractivity contribution in [2.75, 3.05) is 6.61 Å². The van der Waals surface area contributed by atoms with Crippen molar-refractivity contribution in [1.82, 2.24) is 4.90 Å². The molecular formula is C26H36Cl2N2O4S. The van der Waals surface area contributed by atoms with Crippen molar-refractivity contribution in [1.29, 1.82) is 0 Å². The Balaban J connectivity index is 2.02. The van der Waals surface area contributed by atoms with E-state index in [2.05, 4.69) is 6.58 Å². The molecule has 2 aliphatic rings. The van der Waals surface area contributed by atoms with Gasteiger partial charge in [0.2, 0.25) is 0 Å². The van der Waals surface area contributed by atoms with Crippen molar-refractivity contribution >= 4 is 46.0 Å². The average molecular weight is 544 g/mol. The molecular weight excluding hydrogens is 507 g/mol. The fourth-order valence-electron chi connectivity index (χ4n) is 4.58. The lowest BCUT2D eigenvalue weighted by Gasteiger charge is -2.40. The number of nitrogens with zero attached hydrogens (tertiary/aromatic N) is 2. The maximum Gasteiger partial charge on any atom is 0.410 e. The van der Waals surface area contributed by atoms with E-state index in [0.717, 1.165) is 12.8 Å². The second-order valence-electron chi connectivity index (χ2n) is 11.1. The Labute approximate surface area is 221 Å².